The summed E-state index contributed by atoms with van der Waals surface area (Å²) in [7, 11) is 0. The molecule has 2 fully saturated rings. The molecule has 0 spiro atoms. The Hall–Kier alpha value is -1.94. The molecule has 25 heavy (non-hydrogen) atoms. The second-order valence-corrected chi connectivity index (χ2v) is 6.48. The average Bonchev–Trinajstić information content (AvgIpc) is 3.24. The number of ether oxygens (including phenoxy) is 1. The normalized spacial score (nSPS) is 23.4. The van der Waals surface area contributed by atoms with E-state index in [1.807, 2.05) is 0 Å². The van der Waals surface area contributed by atoms with Crippen molar-refractivity contribution in [3.05, 3.63) is 18.0 Å². The fraction of sp³-hybridized carbons (Fsp3) is 0.667. The second-order valence-electron chi connectivity index (χ2n) is 6.48. The van der Waals surface area contributed by atoms with Gasteiger partial charge in [0.2, 0.25) is 0 Å². The predicted octanol–water partition coefficient (Wildman–Crippen LogP) is 1.81. The van der Waals surface area contributed by atoms with Gasteiger partial charge in [-0.2, -0.15) is 17.7 Å². The molecular formula is C15H19F3N6O. The Morgan fingerprint density at radius 2 is 1.92 bits per heavy atom. The Labute approximate surface area is 142 Å². The summed E-state index contributed by atoms with van der Waals surface area (Å²) in [6.45, 7) is 3.53. The fourth-order valence-corrected chi connectivity index (χ4v) is 3.47. The molecule has 2 aliphatic heterocycles. The monoisotopic (exact) mass is 356 g/mol. The third kappa shape index (κ3) is 3.40. The first-order valence-electron chi connectivity index (χ1n) is 8.39. The Balaban J connectivity index is 1.43. The van der Waals surface area contributed by atoms with Gasteiger partial charge in [-0.15, -0.1) is 15.3 Å². The second kappa shape index (κ2) is 6.41. The predicted molar refractivity (Wildman–Crippen MR) is 83.2 cm³/mol. The minimum absolute atomic E-state index is 0.0777. The van der Waals surface area contributed by atoms with E-state index in [4.69, 9.17) is 4.74 Å². The quantitative estimate of drug-likeness (QED) is 0.905. The van der Waals surface area contributed by atoms with E-state index in [2.05, 4.69) is 25.5 Å². The van der Waals surface area contributed by atoms with Crippen LogP contribution in [0.25, 0.3) is 5.65 Å². The Kier molecular flexibility index (Phi) is 4.24. The molecule has 4 rings (SSSR count). The molecule has 1 unspecified atom stereocenters. The van der Waals surface area contributed by atoms with Crippen LogP contribution in [-0.2, 0) is 10.9 Å². The molecule has 10 heteroatoms. The summed E-state index contributed by atoms with van der Waals surface area (Å²) in [5.74, 6) is -0.706. The largest absolute Gasteiger partial charge is 0.453 e. The molecule has 0 radical (unpaired) electrons. The summed E-state index contributed by atoms with van der Waals surface area (Å²) >= 11 is 0. The van der Waals surface area contributed by atoms with Crippen LogP contribution in [0.2, 0.25) is 0 Å². The number of hydrogen-bond acceptors (Lipinski definition) is 6. The van der Waals surface area contributed by atoms with Crippen molar-refractivity contribution in [3.63, 3.8) is 0 Å². The first-order valence-corrected chi connectivity index (χ1v) is 8.39. The van der Waals surface area contributed by atoms with Crippen LogP contribution in [0.5, 0.6) is 0 Å². The maximum atomic E-state index is 12.9. The summed E-state index contributed by atoms with van der Waals surface area (Å²) in [5, 5.41) is 14.0. The van der Waals surface area contributed by atoms with E-state index in [1.165, 1.54) is 6.07 Å². The van der Waals surface area contributed by atoms with Gasteiger partial charge >= 0.3 is 6.18 Å². The van der Waals surface area contributed by atoms with Gasteiger partial charge in [0.15, 0.2) is 5.65 Å². The zero-order valence-electron chi connectivity index (χ0n) is 13.5. The summed E-state index contributed by atoms with van der Waals surface area (Å²) < 4.78 is 45.0. The van der Waals surface area contributed by atoms with E-state index < -0.39 is 12.0 Å². The van der Waals surface area contributed by atoms with Gasteiger partial charge in [0.05, 0.1) is 6.61 Å². The van der Waals surface area contributed by atoms with Gasteiger partial charge in [0, 0.05) is 31.8 Å². The van der Waals surface area contributed by atoms with Crippen LogP contribution >= 0.6 is 0 Å². The van der Waals surface area contributed by atoms with E-state index in [0.717, 1.165) is 50.1 Å². The van der Waals surface area contributed by atoms with Crippen LogP contribution in [0, 0.1) is 0 Å². The van der Waals surface area contributed by atoms with Gasteiger partial charge in [-0.1, -0.05) is 0 Å². The Morgan fingerprint density at radius 1 is 1.12 bits per heavy atom. The number of rotatable bonds is 3. The lowest BCUT2D eigenvalue weighted by Gasteiger charge is -2.35. The minimum atomic E-state index is -4.58. The number of aromatic nitrogens is 4. The van der Waals surface area contributed by atoms with Crippen molar-refractivity contribution >= 4 is 11.5 Å². The molecule has 0 bridgehead atoms. The van der Waals surface area contributed by atoms with Crippen molar-refractivity contribution in [3.8, 4) is 0 Å². The van der Waals surface area contributed by atoms with Gasteiger partial charge in [-0.25, -0.2) is 0 Å². The maximum absolute atomic E-state index is 12.9. The molecule has 2 aliphatic rings. The van der Waals surface area contributed by atoms with Crippen molar-refractivity contribution in [1.82, 2.24) is 24.7 Å². The van der Waals surface area contributed by atoms with Crippen LogP contribution in [-0.4, -0.2) is 63.1 Å². The number of fused-ring (bicyclic) bond motifs is 1. The number of likely N-dealkylation sites (tertiary alicyclic amines) is 1. The van der Waals surface area contributed by atoms with E-state index in [9.17, 15) is 13.2 Å². The van der Waals surface area contributed by atoms with Gasteiger partial charge < -0.3 is 10.1 Å². The number of halogens is 3. The zero-order valence-corrected chi connectivity index (χ0v) is 13.5. The molecule has 0 saturated carbocycles. The highest BCUT2D eigenvalue weighted by Crippen LogP contribution is 2.28. The van der Waals surface area contributed by atoms with Crippen molar-refractivity contribution in [2.24, 2.45) is 0 Å². The van der Waals surface area contributed by atoms with Crippen LogP contribution in [0.1, 0.15) is 25.1 Å². The van der Waals surface area contributed by atoms with Crippen molar-refractivity contribution in [1.29, 1.82) is 0 Å². The maximum Gasteiger partial charge on any atom is 0.453 e. The van der Waals surface area contributed by atoms with Gasteiger partial charge in [0.1, 0.15) is 5.82 Å². The first kappa shape index (κ1) is 16.5. The number of piperidine rings is 1. The van der Waals surface area contributed by atoms with E-state index >= 15 is 0 Å². The van der Waals surface area contributed by atoms with Crippen molar-refractivity contribution in [2.45, 2.75) is 37.5 Å². The molecular weight excluding hydrogens is 337 g/mol. The minimum Gasteiger partial charge on any atom is -0.380 e. The molecule has 2 aromatic heterocycles. The Morgan fingerprint density at radius 3 is 2.60 bits per heavy atom. The highest BCUT2D eigenvalue weighted by atomic mass is 19.4. The molecule has 136 valence electrons. The average molecular weight is 356 g/mol. The van der Waals surface area contributed by atoms with E-state index in [0.29, 0.717) is 11.9 Å². The highest BCUT2D eigenvalue weighted by Gasteiger charge is 2.37. The smallest absolute Gasteiger partial charge is 0.380 e. The first-order chi connectivity index (χ1) is 12.0. The third-order valence-corrected chi connectivity index (χ3v) is 4.82. The summed E-state index contributed by atoms with van der Waals surface area (Å²) in [5.41, 5.74) is 0.0777. The number of nitrogens with zero attached hydrogens (tertiary/aromatic N) is 5. The molecule has 7 nitrogen and oxygen atoms in total. The van der Waals surface area contributed by atoms with Crippen LogP contribution in [0.15, 0.2) is 12.1 Å². The summed E-state index contributed by atoms with van der Waals surface area (Å²) in [6, 6.07) is 3.82. The molecule has 1 N–H and O–H groups in total. The number of nitrogens with one attached hydrogen (secondary N) is 1. The molecule has 2 aromatic rings. The van der Waals surface area contributed by atoms with Crippen molar-refractivity contribution in [2.75, 3.05) is 31.6 Å². The molecule has 0 aliphatic carbocycles. The number of alkyl halides is 3. The molecule has 0 amide bonds. The Bertz CT molecular complexity index is 734. The standard InChI is InChI=1S/C15H19F3N6O/c16-15(17,18)14-21-20-13-2-1-12(22-24(13)14)19-10-3-6-23(7-4-10)11-5-8-25-9-11/h1-2,10-11H,3-9H2,(H,19,22). The number of anilines is 1. The van der Waals surface area contributed by atoms with Gasteiger partial charge in [-0.3, -0.25) is 4.90 Å². The van der Waals surface area contributed by atoms with Crippen molar-refractivity contribution < 1.29 is 17.9 Å². The van der Waals surface area contributed by atoms with E-state index in [-0.39, 0.29) is 11.7 Å². The molecule has 1 atom stereocenters. The van der Waals surface area contributed by atoms with Crippen LogP contribution < -0.4 is 5.32 Å². The lowest BCUT2D eigenvalue weighted by atomic mass is 10.0. The fourth-order valence-electron chi connectivity index (χ4n) is 3.47. The van der Waals surface area contributed by atoms with Gasteiger partial charge in [0.25, 0.3) is 5.82 Å². The van der Waals surface area contributed by atoms with E-state index in [1.54, 1.807) is 6.07 Å². The molecule has 2 saturated heterocycles. The molecule has 4 heterocycles. The zero-order chi connectivity index (χ0) is 17.4. The molecule has 0 aromatic carbocycles. The van der Waals surface area contributed by atoms with Crippen LogP contribution in [0.3, 0.4) is 0 Å². The summed E-state index contributed by atoms with van der Waals surface area (Å²) in [4.78, 5) is 2.43. The number of hydrogen-bond donors (Lipinski definition) is 1. The lowest BCUT2D eigenvalue weighted by Crippen LogP contribution is -2.45. The topological polar surface area (TPSA) is 67.6 Å². The summed E-state index contributed by atoms with van der Waals surface area (Å²) in [6.07, 6.45) is -1.67. The third-order valence-electron chi connectivity index (χ3n) is 4.82. The van der Waals surface area contributed by atoms with Crippen LogP contribution in [0.4, 0.5) is 19.0 Å². The highest BCUT2D eigenvalue weighted by molar-refractivity contribution is 5.44. The lowest BCUT2D eigenvalue weighted by molar-refractivity contribution is -0.146. The van der Waals surface area contributed by atoms with Gasteiger partial charge in [-0.05, 0) is 31.4 Å². The SMILES string of the molecule is FC(F)(F)c1nnc2ccc(NC3CCN(C4CCOC4)CC3)nn12.